The molecule has 5 atom stereocenters. The fraction of sp³-hybridized carbons (Fsp3) is 0.417. The molecule has 16 nitrogen and oxygen atoms in total. The summed E-state index contributed by atoms with van der Waals surface area (Å²) in [6.45, 7) is 3.08. The van der Waals surface area contributed by atoms with Crippen LogP contribution in [0.2, 0.25) is 0 Å². The number of H-pyrrole nitrogens is 1. The third kappa shape index (κ3) is 12.9. The predicted octanol–water partition coefficient (Wildman–Crippen LogP) is 0.333. The Balaban J connectivity index is 1.75. The average Bonchev–Trinajstić information content (AvgIpc) is 3.53. The highest BCUT2D eigenvalue weighted by molar-refractivity contribution is 7.98. The van der Waals surface area contributed by atoms with Gasteiger partial charge < -0.3 is 48.6 Å². The second-order valence-electron chi connectivity index (χ2n) is 12.6. The number of aliphatic carboxylic acids is 1. The number of nitrogens with two attached hydrogens (primary N) is 3. The van der Waals surface area contributed by atoms with Gasteiger partial charge in [0.15, 0.2) is 11.7 Å². The first-order valence-electron chi connectivity index (χ1n) is 17.1. The Labute approximate surface area is 311 Å². The number of aliphatic imine (C=N–C) groups is 1. The number of carbonyl (C=O) groups excluding carboxylic acids is 5. The molecule has 0 aliphatic heterocycles. The van der Waals surface area contributed by atoms with Crippen molar-refractivity contribution in [2.45, 2.75) is 76.2 Å². The molecule has 53 heavy (non-hydrogen) atoms. The highest BCUT2D eigenvalue weighted by atomic mass is 32.2. The molecule has 0 saturated heterocycles. The second kappa shape index (κ2) is 20.6. The van der Waals surface area contributed by atoms with Crippen LogP contribution in [0.15, 0.2) is 59.7 Å². The fourth-order valence-electron chi connectivity index (χ4n) is 5.67. The second-order valence-corrected chi connectivity index (χ2v) is 13.6. The number of aromatic amines is 1. The largest absolute Gasteiger partial charge is 0.480 e. The van der Waals surface area contributed by atoms with Gasteiger partial charge in [0.2, 0.25) is 23.6 Å². The smallest absolute Gasteiger partial charge is 0.326 e. The van der Waals surface area contributed by atoms with E-state index in [0.717, 1.165) is 0 Å². The number of carboxylic acid groups (broad SMARTS) is 1. The molecule has 0 aliphatic rings. The number of aromatic nitrogens is 1. The standard InChI is InChI=1S/C36H49N9O7S/c1-20(42-21(2)46)31(47)25-12-7-11-24-23(19-41-30(24)25)18-26(37)32(48)43-28(14-16-53-3)34(50)44-27(13-8-15-40-36(38)39)33(49)45-29(35(51)52)17-22-9-5-4-6-10-22/h4-7,9-12,19-20,26-29,41H,8,13-18,37H2,1-3H3,(H,42,46)(H,43,48)(H,44,50)(H,45,49)(H,51,52)(H4,38,39,40)/t20-,26-,27-,28-,29-/m0/s1. The van der Waals surface area contributed by atoms with Gasteiger partial charge in [-0.3, -0.25) is 29.0 Å². The van der Waals surface area contributed by atoms with Gasteiger partial charge in [-0.2, -0.15) is 11.8 Å². The molecule has 4 amide bonds. The minimum Gasteiger partial charge on any atom is -0.480 e. The van der Waals surface area contributed by atoms with Gasteiger partial charge in [0, 0.05) is 37.0 Å². The van der Waals surface area contributed by atoms with Crippen LogP contribution in [0.4, 0.5) is 0 Å². The molecule has 0 aliphatic carbocycles. The Hall–Kier alpha value is -5.42. The van der Waals surface area contributed by atoms with Crippen LogP contribution < -0.4 is 38.5 Å². The maximum Gasteiger partial charge on any atom is 0.326 e. The minimum atomic E-state index is -1.27. The first-order valence-corrected chi connectivity index (χ1v) is 18.5. The van der Waals surface area contributed by atoms with Gasteiger partial charge in [-0.05, 0) is 61.8 Å². The number of Topliss-reactive ketones (excluding diaryl/α,β-unsaturated/α-hetero) is 1. The predicted molar refractivity (Wildman–Crippen MR) is 204 cm³/mol. The summed E-state index contributed by atoms with van der Waals surface area (Å²) >= 11 is 1.45. The number of nitrogens with one attached hydrogen (secondary N) is 5. The zero-order valence-electron chi connectivity index (χ0n) is 30.0. The Morgan fingerprint density at radius 2 is 1.49 bits per heavy atom. The number of fused-ring (bicyclic) bond motifs is 1. The van der Waals surface area contributed by atoms with Crippen LogP contribution in [0, 0.1) is 0 Å². The van der Waals surface area contributed by atoms with Crippen molar-refractivity contribution in [3.8, 4) is 0 Å². The molecule has 0 unspecified atom stereocenters. The first kappa shape index (κ1) is 42.0. The number of guanidine groups is 1. The summed E-state index contributed by atoms with van der Waals surface area (Å²) in [5.41, 5.74) is 19.5. The van der Waals surface area contributed by atoms with Crippen molar-refractivity contribution in [1.82, 2.24) is 26.3 Å². The SMILES string of the molecule is CSCC[C@H](NC(=O)[C@@H](N)Cc1c[nH]c2c(C(=O)[C@H](C)NC(C)=O)cccc12)C(=O)N[C@@H](CCCN=C(N)N)C(=O)N[C@@H](Cc1ccccc1)C(=O)O. The van der Waals surface area contributed by atoms with Gasteiger partial charge in [-0.15, -0.1) is 0 Å². The lowest BCUT2D eigenvalue weighted by Crippen LogP contribution is -2.57. The molecule has 1 aromatic heterocycles. The van der Waals surface area contributed by atoms with Crippen molar-refractivity contribution in [2.24, 2.45) is 22.2 Å². The number of nitrogens with zero attached hydrogens (tertiary/aromatic N) is 1. The Bertz CT molecular complexity index is 1780. The van der Waals surface area contributed by atoms with Gasteiger partial charge in [-0.1, -0.05) is 42.5 Å². The number of rotatable bonds is 21. The van der Waals surface area contributed by atoms with E-state index >= 15 is 0 Å². The summed E-state index contributed by atoms with van der Waals surface area (Å²) in [4.78, 5) is 84.2. The van der Waals surface area contributed by atoms with E-state index in [1.54, 1.807) is 61.7 Å². The van der Waals surface area contributed by atoms with Crippen molar-refractivity contribution in [3.63, 3.8) is 0 Å². The van der Waals surface area contributed by atoms with Crippen LogP contribution in [0.25, 0.3) is 10.9 Å². The van der Waals surface area contributed by atoms with Crippen LogP contribution >= 0.6 is 11.8 Å². The zero-order valence-corrected chi connectivity index (χ0v) is 30.8. The molecule has 3 aromatic rings. The molecule has 2 aromatic carbocycles. The van der Waals surface area contributed by atoms with Gasteiger partial charge in [0.05, 0.1) is 17.6 Å². The normalized spacial score (nSPS) is 13.8. The van der Waals surface area contributed by atoms with E-state index in [2.05, 4.69) is 31.2 Å². The topological polar surface area (TPSA) is 277 Å². The monoisotopic (exact) mass is 751 g/mol. The number of para-hydroxylation sites is 1. The number of hydrogen-bond acceptors (Lipinski definition) is 9. The van der Waals surface area contributed by atoms with Crippen molar-refractivity contribution in [1.29, 1.82) is 0 Å². The number of carboxylic acids is 1. The number of hydrogen-bond donors (Lipinski definition) is 9. The van der Waals surface area contributed by atoms with Gasteiger partial charge >= 0.3 is 5.97 Å². The molecule has 17 heteroatoms. The molecule has 286 valence electrons. The average molecular weight is 752 g/mol. The van der Waals surface area contributed by atoms with Crippen molar-refractivity contribution < 1.29 is 33.9 Å². The van der Waals surface area contributed by atoms with Crippen molar-refractivity contribution >= 4 is 64.0 Å². The van der Waals surface area contributed by atoms with E-state index in [4.69, 9.17) is 17.2 Å². The van der Waals surface area contributed by atoms with Crippen LogP contribution in [-0.4, -0.2) is 100 Å². The number of amides is 4. The zero-order chi connectivity index (χ0) is 39.1. The summed E-state index contributed by atoms with van der Waals surface area (Å²) in [5, 5.41) is 21.1. The van der Waals surface area contributed by atoms with E-state index in [-0.39, 0.29) is 56.3 Å². The molecule has 0 radical (unpaired) electrons. The summed E-state index contributed by atoms with van der Waals surface area (Å²) in [6, 6.07) is 8.56. The maximum atomic E-state index is 13.7. The van der Waals surface area contributed by atoms with Crippen molar-refractivity contribution in [3.05, 3.63) is 71.4 Å². The maximum absolute atomic E-state index is 13.7. The Morgan fingerprint density at radius 1 is 0.849 bits per heavy atom. The fourth-order valence-corrected chi connectivity index (χ4v) is 6.14. The Morgan fingerprint density at radius 3 is 2.11 bits per heavy atom. The lowest BCUT2D eigenvalue weighted by atomic mass is 9.99. The highest BCUT2D eigenvalue weighted by Gasteiger charge is 2.31. The molecule has 1 heterocycles. The van der Waals surface area contributed by atoms with Crippen LogP contribution in [0.5, 0.6) is 0 Å². The molecule has 0 bridgehead atoms. The molecule has 0 fully saturated rings. The summed E-state index contributed by atoms with van der Waals surface area (Å²) in [6.07, 6.45) is 4.15. The minimum absolute atomic E-state index is 0.0190. The molecule has 3 rings (SSSR count). The lowest BCUT2D eigenvalue weighted by Gasteiger charge is -2.25. The van der Waals surface area contributed by atoms with E-state index < -0.39 is 53.9 Å². The highest BCUT2D eigenvalue weighted by Crippen LogP contribution is 2.24. The van der Waals surface area contributed by atoms with Crippen molar-refractivity contribution in [2.75, 3.05) is 18.6 Å². The van der Waals surface area contributed by atoms with E-state index in [1.165, 1.54) is 18.7 Å². The summed E-state index contributed by atoms with van der Waals surface area (Å²) < 4.78 is 0. The number of benzene rings is 2. The molecular formula is C36H49N9O7S. The summed E-state index contributed by atoms with van der Waals surface area (Å²) in [5.74, 6) is -3.51. The molecule has 0 saturated carbocycles. The third-order valence-corrected chi connectivity index (χ3v) is 9.02. The lowest BCUT2D eigenvalue weighted by molar-refractivity contribution is -0.142. The van der Waals surface area contributed by atoms with E-state index in [0.29, 0.717) is 33.3 Å². The summed E-state index contributed by atoms with van der Waals surface area (Å²) in [7, 11) is 0. The number of carbonyl (C=O) groups is 6. The van der Waals surface area contributed by atoms with E-state index in [9.17, 15) is 33.9 Å². The Kier molecular flexibility index (Phi) is 16.3. The van der Waals surface area contributed by atoms with E-state index in [1.807, 2.05) is 6.26 Å². The first-order chi connectivity index (χ1) is 25.2. The number of ketones is 1. The van der Waals surface area contributed by atoms with Crippen LogP contribution in [-0.2, 0) is 36.8 Å². The van der Waals surface area contributed by atoms with Gasteiger partial charge in [-0.25, -0.2) is 4.79 Å². The van der Waals surface area contributed by atoms with Crippen LogP contribution in [0.1, 0.15) is 54.6 Å². The molecule has 12 N–H and O–H groups in total. The number of thioether (sulfide) groups is 1. The molecule has 0 spiro atoms. The molecular weight excluding hydrogens is 703 g/mol. The van der Waals surface area contributed by atoms with Gasteiger partial charge in [0.25, 0.3) is 0 Å². The third-order valence-electron chi connectivity index (χ3n) is 8.38. The van der Waals surface area contributed by atoms with Gasteiger partial charge in [0.1, 0.15) is 18.1 Å². The quantitative estimate of drug-likeness (QED) is 0.0310. The van der Waals surface area contributed by atoms with Crippen LogP contribution in [0.3, 0.4) is 0 Å².